The number of carbonyl (C=O) groups excluding carboxylic acids is 2. The molecule has 3 aromatic rings. The fourth-order valence-corrected chi connectivity index (χ4v) is 5.51. The summed E-state index contributed by atoms with van der Waals surface area (Å²) in [7, 11) is -2.72. The molecule has 3 rings (SSSR count). The molecule has 0 spiro atoms. The second kappa shape index (κ2) is 12.8. The molecule has 8 nitrogen and oxygen atoms in total. The van der Waals surface area contributed by atoms with Gasteiger partial charge in [-0.3, -0.25) is 13.9 Å². The quantitative estimate of drug-likeness (QED) is 0.375. The van der Waals surface area contributed by atoms with Crippen molar-refractivity contribution in [1.29, 1.82) is 0 Å². The van der Waals surface area contributed by atoms with Crippen LogP contribution in [0.25, 0.3) is 0 Å². The van der Waals surface area contributed by atoms with Crippen LogP contribution >= 0.6 is 11.6 Å². The Morgan fingerprint density at radius 3 is 2.11 bits per heavy atom. The molecular formula is C28H32ClN3O5S. The Morgan fingerprint density at radius 2 is 1.55 bits per heavy atom. The third-order valence-electron chi connectivity index (χ3n) is 5.83. The molecular weight excluding hydrogens is 526 g/mol. The number of hydrogen-bond acceptors (Lipinski definition) is 5. The Labute approximate surface area is 229 Å². The molecule has 2 amide bonds. The topological polar surface area (TPSA) is 96.0 Å². The van der Waals surface area contributed by atoms with Crippen molar-refractivity contribution in [2.45, 2.75) is 44.3 Å². The van der Waals surface area contributed by atoms with Gasteiger partial charge in [0.25, 0.3) is 10.0 Å². The van der Waals surface area contributed by atoms with Crippen LogP contribution < -0.4 is 14.4 Å². The molecule has 0 fully saturated rings. The van der Waals surface area contributed by atoms with Crippen molar-refractivity contribution in [2.24, 2.45) is 0 Å². The Bertz CT molecular complexity index is 1350. The first-order valence-electron chi connectivity index (χ1n) is 12.1. The van der Waals surface area contributed by atoms with E-state index in [1.54, 1.807) is 25.1 Å². The van der Waals surface area contributed by atoms with Crippen molar-refractivity contribution < 1.29 is 22.7 Å². The molecule has 10 heteroatoms. The smallest absolute Gasteiger partial charge is 0.264 e. The second-order valence-electron chi connectivity index (χ2n) is 8.99. The lowest BCUT2D eigenvalue weighted by atomic mass is 10.1. The molecule has 0 aliphatic heterocycles. The van der Waals surface area contributed by atoms with E-state index < -0.39 is 28.5 Å². The summed E-state index contributed by atoms with van der Waals surface area (Å²) in [6, 6.07) is 20.5. The summed E-state index contributed by atoms with van der Waals surface area (Å²) >= 11 is 6.32. The zero-order valence-electron chi connectivity index (χ0n) is 21.8. The van der Waals surface area contributed by atoms with Crippen molar-refractivity contribution in [2.75, 3.05) is 18.0 Å². The molecule has 202 valence electrons. The highest BCUT2D eigenvalue weighted by Crippen LogP contribution is 2.32. The standard InChI is InChI=1S/C28H32ClN3O5S/c1-20(2)30-28(34)21(3)31(18-22-11-7-5-8-12-22)27(33)19-32(23-15-16-26(37-4)25(29)17-23)38(35,36)24-13-9-6-10-14-24/h5-17,20-21H,18-19H2,1-4H3,(H,30,34). The zero-order valence-corrected chi connectivity index (χ0v) is 23.4. The fourth-order valence-electron chi connectivity index (χ4n) is 3.83. The first kappa shape index (κ1) is 29.0. The highest BCUT2D eigenvalue weighted by atomic mass is 35.5. The summed E-state index contributed by atoms with van der Waals surface area (Å²) in [6.45, 7) is 4.85. The lowest BCUT2D eigenvalue weighted by molar-refractivity contribution is -0.139. The molecule has 3 aromatic carbocycles. The molecule has 1 unspecified atom stereocenters. The van der Waals surface area contributed by atoms with E-state index in [1.807, 2.05) is 44.2 Å². The predicted molar refractivity (Wildman–Crippen MR) is 149 cm³/mol. The van der Waals surface area contributed by atoms with Crippen molar-refractivity contribution >= 4 is 39.1 Å². The van der Waals surface area contributed by atoms with Gasteiger partial charge in [-0.05, 0) is 56.7 Å². The van der Waals surface area contributed by atoms with Crippen LogP contribution in [0.3, 0.4) is 0 Å². The first-order valence-corrected chi connectivity index (χ1v) is 13.9. The van der Waals surface area contributed by atoms with Gasteiger partial charge in [0.2, 0.25) is 11.8 Å². The lowest BCUT2D eigenvalue weighted by Gasteiger charge is -2.32. The van der Waals surface area contributed by atoms with E-state index in [-0.39, 0.29) is 34.1 Å². The Balaban J connectivity index is 2.04. The van der Waals surface area contributed by atoms with Gasteiger partial charge in [-0.25, -0.2) is 8.42 Å². The maximum absolute atomic E-state index is 13.8. The number of carbonyl (C=O) groups is 2. The van der Waals surface area contributed by atoms with Crippen LogP contribution in [0.5, 0.6) is 5.75 Å². The Morgan fingerprint density at radius 1 is 0.947 bits per heavy atom. The van der Waals surface area contributed by atoms with Gasteiger partial charge >= 0.3 is 0 Å². The van der Waals surface area contributed by atoms with E-state index in [2.05, 4.69) is 5.32 Å². The number of nitrogens with zero attached hydrogens (tertiary/aromatic N) is 2. The van der Waals surface area contributed by atoms with Crippen molar-refractivity contribution in [1.82, 2.24) is 10.2 Å². The molecule has 0 radical (unpaired) electrons. The second-order valence-corrected chi connectivity index (χ2v) is 11.3. The highest BCUT2D eigenvalue weighted by Gasteiger charge is 2.32. The van der Waals surface area contributed by atoms with Gasteiger partial charge in [-0.15, -0.1) is 0 Å². The molecule has 0 bridgehead atoms. The lowest BCUT2D eigenvalue weighted by Crippen LogP contribution is -2.52. The maximum Gasteiger partial charge on any atom is 0.264 e. The average Bonchev–Trinajstić information content (AvgIpc) is 2.90. The number of rotatable bonds is 11. The van der Waals surface area contributed by atoms with Crippen LogP contribution in [0.4, 0.5) is 5.69 Å². The van der Waals surface area contributed by atoms with Crippen LogP contribution in [0.2, 0.25) is 5.02 Å². The monoisotopic (exact) mass is 557 g/mol. The summed E-state index contributed by atoms with van der Waals surface area (Å²) in [5.74, 6) is -0.524. The molecule has 1 N–H and O–H groups in total. The van der Waals surface area contributed by atoms with E-state index in [9.17, 15) is 18.0 Å². The van der Waals surface area contributed by atoms with Crippen LogP contribution in [-0.2, 0) is 26.2 Å². The van der Waals surface area contributed by atoms with Gasteiger partial charge < -0.3 is 15.0 Å². The summed E-state index contributed by atoms with van der Waals surface area (Å²) in [5, 5.41) is 3.02. The molecule has 38 heavy (non-hydrogen) atoms. The third kappa shape index (κ3) is 7.05. The van der Waals surface area contributed by atoms with Gasteiger partial charge in [-0.2, -0.15) is 0 Å². The molecule has 0 saturated carbocycles. The number of halogens is 1. The fraction of sp³-hybridized carbons (Fsp3) is 0.286. The van der Waals surface area contributed by atoms with Crippen molar-refractivity contribution in [3.63, 3.8) is 0 Å². The molecule has 0 heterocycles. The average molecular weight is 558 g/mol. The number of methoxy groups -OCH3 is 1. The number of amides is 2. The van der Waals surface area contributed by atoms with Crippen molar-refractivity contribution in [3.8, 4) is 5.75 Å². The van der Waals surface area contributed by atoms with Gasteiger partial charge in [0.1, 0.15) is 18.3 Å². The normalized spacial score (nSPS) is 12.1. The van der Waals surface area contributed by atoms with Gasteiger partial charge in [-0.1, -0.05) is 60.1 Å². The largest absolute Gasteiger partial charge is 0.495 e. The van der Waals surface area contributed by atoms with Gasteiger partial charge in [0.15, 0.2) is 0 Å². The third-order valence-corrected chi connectivity index (χ3v) is 7.91. The summed E-state index contributed by atoms with van der Waals surface area (Å²) < 4.78 is 33.7. The Kier molecular flexibility index (Phi) is 9.77. The number of nitrogens with one attached hydrogen (secondary N) is 1. The minimum absolute atomic E-state index is 0.0138. The van der Waals surface area contributed by atoms with Crippen molar-refractivity contribution in [3.05, 3.63) is 89.4 Å². The number of sulfonamides is 1. The molecule has 0 saturated heterocycles. The molecule has 0 aliphatic carbocycles. The zero-order chi connectivity index (χ0) is 27.9. The van der Waals surface area contributed by atoms with Crippen LogP contribution in [0, 0.1) is 0 Å². The van der Waals surface area contributed by atoms with E-state index in [0.29, 0.717) is 5.75 Å². The van der Waals surface area contributed by atoms with Crippen LogP contribution in [0.1, 0.15) is 26.3 Å². The minimum atomic E-state index is -4.17. The number of anilines is 1. The highest BCUT2D eigenvalue weighted by molar-refractivity contribution is 7.92. The van der Waals surface area contributed by atoms with E-state index in [0.717, 1.165) is 9.87 Å². The number of ether oxygens (including phenoxy) is 1. The Hall–Kier alpha value is -3.56. The minimum Gasteiger partial charge on any atom is -0.495 e. The first-order chi connectivity index (χ1) is 18.0. The van der Waals surface area contributed by atoms with Gasteiger partial charge in [0.05, 0.1) is 22.7 Å². The van der Waals surface area contributed by atoms with Crippen LogP contribution in [0.15, 0.2) is 83.8 Å². The summed E-state index contributed by atoms with van der Waals surface area (Å²) in [5.41, 5.74) is 0.988. The SMILES string of the molecule is COc1ccc(N(CC(=O)N(Cc2ccccc2)C(C)C(=O)NC(C)C)S(=O)(=O)c2ccccc2)cc1Cl. The maximum atomic E-state index is 13.8. The summed E-state index contributed by atoms with van der Waals surface area (Å²) in [4.78, 5) is 28.1. The number of benzene rings is 3. The van der Waals surface area contributed by atoms with E-state index in [1.165, 1.54) is 42.3 Å². The predicted octanol–water partition coefficient (Wildman–Crippen LogP) is 4.49. The van der Waals surface area contributed by atoms with Crippen LogP contribution in [-0.4, -0.2) is 50.9 Å². The number of hydrogen-bond donors (Lipinski definition) is 1. The molecule has 1 atom stereocenters. The molecule has 0 aliphatic rings. The van der Waals surface area contributed by atoms with E-state index >= 15 is 0 Å². The molecule has 0 aromatic heterocycles. The summed E-state index contributed by atoms with van der Waals surface area (Å²) in [6.07, 6.45) is 0. The van der Waals surface area contributed by atoms with Gasteiger partial charge in [0, 0.05) is 12.6 Å². The van der Waals surface area contributed by atoms with E-state index in [4.69, 9.17) is 16.3 Å².